The summed E-state index contributed by atoms with van der Waals surface area (Å²) < 4.78 is 0. The van der Waals surface area contributed by atoms with Gasteiger partial charge in [0.2, 0.25) is 23.6 Å². The highest BCUT2D eigenvalue weighted by molar-refractivity contribution is 5.94. The standard InChI is InChI=1S/C29H39N5O8/c1-3-16(2)25(31)28(40)32-21(12-13-24(30)37)26(38)33-22(14-17-4-8-19(35)9-5-17)27(39)34-23(29(41)42)15-18-6-10-20(36)11-7-18/h4-11,16,21-23,25,35-36H,3,12-15,31H2,1-2H3,(H2,30,37)(H,32,40)(H,33,38)(H,34,39)(H,41,42). The molecule has 2 rings (SSSR count). The van der Waals surface area contributed by atoms with Crippen LogP contribution >= 0.6 is 0 Å². The number of hydrogen-bond donors (Lipinski definition) is 8. The van der Waals surface area contributed by atoms with Crippen molar-refractivity contribution in [2.45, 2.75) is 70.1 Å². The number of phenols is 2. The van der Waals surface area contributed by atoms with Crippen LogP contribution in [-0.4, -0.2) is 69.1 Å². The average Bonchev–Trinajstić information content (AvgIpc) is 2.95. The zero-order chi connectivity index (χ0) is 31.4. The molecule has 2 aromatic carbocycles. The molecule has 4 amide bonds. The van der Waals surface area contributed by atoms with Crippen LogP contribution in [0.2, 0.25) is 0 Å². The second-order valence-corrected chi connectivity index (χ2v) is 10.2. The van der Waals surface area contributed by atoms with Crippen molar-refractivity contribution in [2.24, 2.45) is 17.4 Å². The Hall–Kier alpha value is -4.65. The Morgan fingerprint density at radius 3 is 1.62 bits per heavy atom. The van der Waals surface area contributed by atoms with E-state index < -0.39 is 53.8 Å². The van der Waals surface area contributed by atoms with Crippen molar-refractivity contribution < 1.29 is 39.3 Å². The number of nitrogens with one attached hydrogen (secondary N) is 3. The maximum absolute atomic E-state index is 13.4. The molecule has 5 atom stereocenters. The number of carboxylic acid groups (broad SMARTS) is 1. The van der Waals surface area contributed by atoms with E-state index in [2.05, 4.69) is 16.0 Å². The summed E-state index contributed by atoms with van der Waals surface area (Å²) in [5.74, 6) is -4.48. The van der Waals surface area contributed by atoms with Crippen LogP contribution in [0.3, 0.4) is 0 Å². The van der Waals surface area contributed by atoms with Crippen LogP contribution in [0.1, 0.15) is 44.2 Å². The van der Waals surface area contributed by atoms with Crippen LogP contribution in [0.25, 0.3) is 0 Å². The highest BCUT2D eigenvalue weighted by Crippen LogP contribution is 2.14. The van der Waals surface area contributed by atoms with Gasteiger partial charge in [-0.3, -0.25) is 19.2 Å². The maximum atomic E-state index is 13.4. The van der Waals surface area contributed by atoms with Crippen LogP contribution in [0, 0.1) is 5.92 Å². The number of amides is 4. The Labute approximate surface area is 243 Å². The molecule has 42 heavy (non-hydrogen) atoms. The lowest BCUT2D eigenvalue weighted by Gasteiger charge is -2.26. The van der Waals surface area contributed by atoms with E-state index in [1.807, 2.05) is 6.92 Å². The number of benzene rings is 2. The molecule has 0 aliphatic heterocycles. The summed E-state index contributed by atoms with van der Waals surface area (Å²) in [4.78, 5) is 63.0. The lowest BCUT2D eigenvalue weighted by Crippen LogP contribution is -2.58. The van der Waals surface area contributed by atoms with Gasteiger partial charge in [0.15, 0.2) is 0 Å². The number of carbonyl (C=O) groups excluding carboxylic acids is 4. The average molecular weight is 586 g/mol. The van der Waals surface area contributed by atoms with Gasteiger partial charge in [-0.2, -0.15) is 0 Å². The van der Waals surface area contributed by atoms with E-state index in [0.29, 0.717) is 17.5 Å². The molecule has 0 saturated carbocycles. The Balaban J connectivity index is 2.30. The van der Waals surface area contributed by atoms with Crippen molar-refractivity contribution in [3.05, 3.63) is 59.7 Å². The summed E-state index contributed by atoms with van der Waals surface area (Å²) in [6.07, 6.45) is 0.0144. The molecule has 0 heterocycles. The number of rotatable bonds is 16. The monoisotopic (exact) mass is 585 g/mol. The molecule has 0 spiro atoms. The number of carboxylic acids is 1. The molecule has 228 valence electrons. The fraction of sp³-hybridized carbons (Fsp3) is 0.414. The van der Waals surface area contributed by atoms with Crippen LogP contribution < -0.4 is 27.4 Å². The molecule has 2 aromatic rings. The zero-order valence-corrected chi connectivity index (χ0v) is 23.6. The largest absolute Gasteiger partial charge is 0.508 e. The minimum atomic E-state index is -1.37. The number of primary amides is 1. The van der Waals surface area contributed by atoms with Crippen molar-refractivity contribution in [2.75, 3.05) is 0 Å². The third kappa shape index (κ3) is 10.7. The topological polar surface area (TPSA) is 234 Å². The lowest BCUT2D eigenvalue weighted by molar-refractivity contribution is -0.142. The predicted octanol–water partition coefficient (Wildman–Crippen LogP) is 0.0609. The first-order valence-electron chi connectivity index (χ1n) is 13.5. The molecule has 13 nitrogen and oxygen atoms in total. The molecule has 0 fully saturated rings. The quantitative estimate of drug-likeness (QED) is 0.133. The minimum absolute atomic E-state index is 0.00516. The fourth-order valence-corrected chi connectivity index (χ4v) is 4.03. The first-order valence-corrected chi connectivity index (χ1v) is 13.5. The van der Waals surface area contributed by atoms with Crippen LogP contribution in [-0.2, 0) is 36.8 Å². The van der Waals surface area contributed by atoms with Crippen LogP contribution in [0.5, 0.6) is 11.5 Å². The number of hydrogen-bond acceptors (Lipinski definition) is 8. The maximum Gasteiger partial charge on any atom is 0.326 e. The van der Waals surface area contributed by atoms with Gasteiger partial charge in [0, 0.05) is 19.3 Å². The van der Waals surface area contributed by atoms with Crippen LogP contribution in [0.15, 0.2) is 48.5 Å². The fourth-order valence-electron chi connectivity index (χ4n) is 4.03. The molecule has 0 saturated heterocycles. The summed E-state index contributed by atoms with van der Waals surface area (Å²) in [7, 11) is 0. The number of carbonyl (C=O) groups is 5. The van der Waals surface area contributed by atoms with Crippen molar-refractivity contribution in [1.82, 2.24) is 16.0 Å². The van der Waals surface area contributed by atoms with Gasteiger partial charge >= 0.3 is 5.97 Å². The first-order chi connectivity index (χ1) is 19.8. The molecule has 0 radical (unpaired) electrons. The third-order valence-electron chi connectivity index (χ3n) is 6.87. The third-order valence-corrected chi connectivity index (χ3v) is 6.87. The highest BCUT2D eigenvalue weighted by Gasteiger charge is 2.31. The van der Waals surface area contributed by atoms with E-state index in [1.54, 1.807) is 6.92 Å². The molecular weight excluding hydrogens is 546 g/mol. The van der Waals surface area contributed by atoms with Crippen molar-refractivity contribution in [1.29, 1.82) is 0 Å². The molecule has 0 bridgehead atoms. The van der Waals surface area contributed by atoms with E-state index in [4.69, 9.17) is 11.5 Å². The van der Waals surface area contributed by atoms with Gasteiger partial charge in [-0.15, -0.1) is 0 Å². The second kappa shape index (κ2) is 16.0. The van der Waals surface area contributed by atoms with Crippen molar-refractivity contribution in [3.8, 4) is 11.5 Å². The van der Waals surface area contributed by atoms with Gasteiger partial charge in [-0.1, -0.05) is 44.5 Å². The molecule has 0 aromatic heterocycles. The summed E-state index contributed by atoms with van der Waals surface area (Å²) in [6.45, 7) is 3.63. The Morgan fingerprint density at radius 2 is 1.17 bits per heavy atom. The van der Waals surface area contributed by atoms with Gasteiger partial charge < -0.3 is 42.7 Å². The zero-order valence-electron chi connectivity index (χ0n) is 23.6. The number of aliphatic carboxylic acids is 1. The molecule has 10 N–H and O–H groups in total. The SMILES string of the molecule is CCC(C)C(N)C(=O)NC(CCC(N)=O)C(=O)NC(Cc1ccc(O)cc1)C(=O)NC(Cc1ccc(O)cc1)C(=O)O. The second-order valence-electron chi connectivity index (χ2n) is 10.2. The lowest BCUT2D eigenvalue weighted by atomic mass is 9.98. The Morgan fingerprint density at radius 1 is 0.738 bits per heavy atom. The number of aromatic hydroxyl groups is 2. The molecule has 5 unspecified atom stereocenters. The summed E-state index contributed by atoms with van der Waals surface area (Å²) >= 11 is 0. The Bertz CT molecular complexity index is 1240. The van der Waals surface area contributed by atoms with Gasteiger partial charge in [0.1, 0.15) is 29.6 Å². The van der Waals surface area contributed by atoms with Gasteiger partial charge in [-0.25, -0.2) is 4.79 Å². The van der Waals surface area contributed by atoms with E-state index in [9.17, 15) is 39.3 Å². The first kappa shape index (κ1) is 33.6. The van der Waals surface area contributed by atoms with Crippen molar-refractivity contribution in [3.63, 3.8) is 0 Å². The summed E-state index contributed by atoms with van der Waals surface area (Å²) in [6, 6.07) is 6.79. The van der Waals surface area contributed by atoms with E-state index in [0.717, 1.165) is 0 Å². The molecule has 0 aliphatic rings. The molecule has 13 heteroatoms. The van der Waals surface area contributed by atoms with Gasteiger partial charge in [0.05, 0.1) is 6.04 Å². The van der Waals surface area contributed by atoms with Gasteiger partial charge in [-0.05, 0) is 47.7 Å². The molecular formula is C29H39N5O8. The summed E-state index contributed by atoms with van der Waals surface area (Å²) in [5.41, 5.74) is 12.3. The van der Waals surface area contributed by atoms with Crippen molar-refractivity contribution >= 4 is 29.6 Å². The van der Waals surface area contributed by atoms with Gasteiger partial charge in [0.25, 0.3) is 0 Å². The smallest absolute Gasteiger partial charge is 0.326 e. The van der Waals surface area contributed by atoms with E-state index in [-0.39, 0.29) is 43.1 Å². The highest BCUT2D eigenvalue weighted by atomic mass is 16.4. The van der Waals surface area contributed by atoms with Crippen LogP contribution in [0.4, 0.5) is 0 Å². The van der Waals surface area contributed by atoms with E-state index >= 15 is 0 Å². The minimum Gasteiger partial charge on any atom is -0.508 e. The molecule has 0 aliphatic carbocycles. The number of nitrogens with two attached hydrogens (primary N) is 2. The van der Waals surface area contributed by atoms with E-state index in [1.165, 1.54) is 48.5 Å². The normalized spacial score (nSPS) is 14.5. The predicted molar refractivity (Wildman–Crippen MR) is 153 cm³/mol. The Kier molecular flexibility index (Phi) is 12.8. The summed E-state index contributed by atoms with van der Waals surface area (Å²) in [5, 5.41) is 36.4. The number of phenolic OH excluding ortho intramolecular Hbond substituents is 2.